The predicted octanol–water partition coefficient (Wildman–Crippen LogP) is 2.93. The van der Waals surface area contributed by atoms with Gasteiger partial charge in [-0.2, -0.15) is 4.73 Å². The zero-order valence-corrected chi connectivity index (χ0v) is 14.6. The number of hydroxylamine groups is 3. The summed E-state index contributed by atoms with van der Waals surface area (Å²) in [4.78, 5) is 0. The maximum Gasteiger partial charge on any atom is 0.224 e. The van der Waals surface area contributed by atoms with Gasteiger partial charge in [-0.1, -0.05) is 6.08 Å². The molecule has 5 heteroatoms. The van der Waals surface area contributed by atoms with Crippen LogP contribution >= 0.6 is 0 Å². The molecule has 0 radical (unpaired) electrons. The van der Waals surface area contributed by atoms with E-state index >= 15 is 0 Å². The molecule has 132 valence electrons. The van der Waals surface area contributed by atoms with Crippen LogP contribution in [-0.4, -0.2) is 30.9 Å². The molecule has 0 saturated carbocycles. The first-order valence-electron chi connectivity index (χ1n) is 8.93. The van der Waals surface area contributed by atoms with Gasteiger partial charge in [0.2, 0.25) is 5.52 Å². The Morgan fingerprint density at radius 3 is 2.96 bits per heavy atom. The molecule has 2 aromatic rings. The molecule has 1 aromatic carbocycles. The van der Waals surface area contributed by atoms with Crippen molar-refractivity contribution in [3.05, 3.63) is 59.1 Å². The van der Waals surface area contributed by atoms with Crippen molar-refractivity contribution in [1.82, 2.24) is 0 Å². The van der Waals surface area contributed by atoms with Gasteiger partial charge in [-0.3, -0.25) is 0 Å². The minimum absolute atomic E-state index is 0.0619. The Kier molecular flexibility index (Phi) is 3.93. The number of quaternary nitrogens is 1. The van der Waals surface area contributed by atoms with Crippen LogP contribution in [0.1, 0.15) is 18.4 Å². The van der Waals surface area contributed by atoms with Gasteiger partial charge in [-0.05, 0) is 23.6 Å². The van der Waals surface area contributed by atoms with Gasteiger partial charge in [-0.25, -0.2) is 0 Å². The fraction of sp³-hybridized carbons (Fsp3) is 0.450. The average molecular weight is 340 g/mol. The number of hydrogen-bond donors (Lipinski definition) is 0. The molecule has 3 aliphatic heterocycles. The maximum atomic E-state index is 13.4. The molecule has 4 heterocycles. The number of methoxy groups -OCH3 is 1. The molecule has 2 bridgehead atoms. The van der Waals surface area contributed by atoms with E-state index < -0.39 is 0 Å². The number of nitrogens with zero attached hydrogens (tertiary/aromatic N) is 2. The van der Waals surface area contributed by atoms with Crippen molar-refractivity contribution in [2.75, 3.05) is 20.2 Å². The molecule has 1 aromatic heterocycles. The number of piperidine rings is 3. The highest BCUT2D eigenvalue weighted by Crippen LogP contribution is 2.43. The topological polar surface area (TPSA) is 59.2 Å². The highest BCUT2D eigenvalue weighted by atomic mass is 16.5. The molecule has 4 atom stereocenters. The van der Waals surface area contributed by atoms with Crippen LogP contribution in [-0.2, 0) is 6.42 Å². The van der Waals surface area contributed by atoms with Crippen LogP contribution in [0, 0.1) is 22.3 Å². The quantitative estimate of drug-likeness (QED) is 0.372. The van der Waals surface area contributed by atoms with Gasteiger partial charge < -0.3 is 19.8 Å². The molecule has 3 fully saturated rings. The van der Waals surface area contributed by atoms with E-state index in [1.165, 1.54) is 0 Å². The van der Waals surface area contributed by atoms with Crippen LogP contribution < -0.4 is 9.47 Å². The lowest BCUT2D eigenvalue weighted by Gasteiger charge is -2.60. The van der Waals surface area contributed by atoms with Crippen molar-refractivity contribution in [3.63, 3.8) is 0 Å². The van der Waals surface area contributed by atoms with Gasteiger partial charge in [0.15, 0.2) is 6.20 Å². The summed E-state index contributed by atoms with van der Waals surface area (Å²) in [5.74, 6) is 1.65. The van der Waals surface area contributed by atoms with E-state index in [0.29, 0.717) is 36.9 Å². The smallest absolute Gasteiger partial charge is 0.224 e. The van der Waals surface area contributed by atoms with Crippen LogP contribution in [0.25, 0.3) is 10.9 Å². The standard InChI is InChI=1S/C20H24N2O3/c1-3-14-13-22(24)9-7-15(14)10-17(22)11-16-6-8-21(23)20-5-4-18(25-2)12-19(16)20/h3-6,8,12,14-15,17H,1,7,9-11,13H2,2H3/t14-,15-,17-,22+/m0/s1. The van der Waals surface area contributed by atoms with Crippen LogP contribution in [0.15, 0.2) is 43.1 Å². The zero-order valence-electron chi connectivity index (χ0n) is 14.6. The summed E-state index contributed by atoms with van der Waals surface area (Å²) in [6.45, 7) is 5.26. The number of ether oxygens (including phenoxy) is 1. The number of aromatic nitrogens is 1. The summed E-state index contributed by atoms with van der Waals surface area (Å²) < 4.78 is 6.07. The van der Waals surface area contributed by atoms with Crippen LogP contribution in [0.2, 0.25) is 0 Å². The lowest BCUT2D eigenvalue weighted by Crippen LogP contribution is -2.63. The number of fused-ring (bicyclic) bond motifs is 4. The largest absolute Gasteiger partial charge is 0.633 e. The molecule has 0 amide bonds. The van der Waals surface area contributed by atoms with Gasteiger partial charge in [0.05, 0.1) is 31.6 Å². The molecule has 0 N–H and O–H groups in total. The molecule has 5 rings (SSSR count). The summed E-state index contributed by atoms with van der Waals surface area (Å²) in [6, 6.07) is 7.40. The van der Waals surface area contributed by atoms with Gasteiger partial charge >= 0.3 is 0 Å². The summed E-state index contributed by atoms with van der Waals surface area (Å²) >= 11 is 0. The molecule has 25 heavy (non-hydrogen) atoms. The summed E-state index contributed by atoms with van der Waals surface area (Å²) in [6.07, 6.45) is 6.16. The molecule has 0 unspecified atom stereocenters. The monoisotopic (exact) mass is 340 g/mol. The predicted molar refractivity (Wildman–Crippen MR) is 96.7 cm³/mol. The Hall–Kier alpha value is -2.11. The molecule has 0 aliphatic carbocycles. The van der Waals surface area contributed by atoms with Crippen LogP contribution in [0.5, 0.6) is 5.75 Å². The molecule has 3 aliphatic rings. The van der Waals surface area contributed by atoms with Gasteiger partial charge in [0.25, 0.3) is 0 Å². The van der Waals surface area contributed by atoms with Crippen molar-refractivity contribution in [2.45, 2.75) is 25.3 Å². The van der Waals surface area contributed by atoms with E-state index in [2.05, 4.69) is 6.58 Å². The SMILES string of the molecule is C=C[C@H]1C[N@+]2([O-])CC[C@H]1C[C@H]2Cc1cc[n+]([O-])c2ccc(OC)cc12. The third-order valence-electron chi connectivity index (χ3n) is 6.20. The third-order valence-corrected chi connectivity index (χ3v) is 6.20. The van der Waals surface area contributed by atoms with Crippen LogP contribution in [0.4, 0.5) is 0 Å². The number of pyridine rings is 1. The highest BCUT2D eigenvalue weighted by Gasteiger charge is 2.46. The second-order valence-electron chi connectivity index (χ2n) is 7.45. The normalized spacial score (nSPS) is 31.2. The second kappa shape index (κ2) is 6.00. The first-order valence-corrected chi connectivity index (χ1v) is 8.93. The van der Waals surface area contributed by atoms with Gasteiger partial charge in [0, 0.05) is 37.3 Å². The Balaban J connectivity index is 1.69. The summed E-state index contributed by atoms with van der Waals surface area (Å²) in [7, 11) is 1.62. The molecule has 3 saturated heterocycles. The Labute approximate surface area is 147 Å². The fourth-order valence-electron chi connectivity index (χ4n) is 4.73. The molecule has 0 spiro atoms. The van der Waals surface area contributed by atoms with E-state index in [9.17, 15) is 10.4 Å². The maximum absolute atomic E-state index is 13.4. The number of rotatable bonds is 4. The molecule has 5 nitrogen and oxygen atoms in total. The van der Waals surface area contributed by atoms with Gasteiger partial charge in [-0.15, -0.1) is 6.58 Å². The Morgan fingerprint density at radius 1 is 1.40 bits per heavy atom. The van der Waals surface area contributed by atoms with Crippen molar-refractivity contribution in [2.24, 2.45) is 11.8 Å². The lowest BCUT2D eigenvalue weighted by molar-refractivity contribution is -0.925. The minimum atomic E-state index is -0.120. The average Bonchev–Trinajstić information content (AvgIpc) is 2.64. The van der Waals surface area contributed by atoms with E-state index in [1.807, 2.05) is 18.2 Å². The zero-order chi connectivity index (χ0) is 17.6. The second-order valence-corrected chi connectivity index (χ2v) is 7.45. The Morgan fingerprint density at radius 2 is 2.24 bits per heavy atom. The Bertz CT molecular complexity index is 822. The minimum Gasteiger partial charge on any atom is -0.633 e. The van der Waals surface area contributed by atoms with E-state index in [1.54, 1.807) is 25.4 Å². The van der Waals surface area contributed by atoms with Crippen molar-refractivity contribution in [3.8, 4) is 5.75 Å². The van der Waals surface area contributed by atoms with Crippen molar-refractivity contribution in [1.29, 1.82) is 0 Å². The fourth-order valence-corrected chi connectivity index (χ4v) is 4.73. The van der Waals surface area contributed by atoms with Crippen molar-refractivity contribution < 1.29 is 14.1 Å². The van der Waals surface area contributed by atoms with E-state index in [4.69, 9.17) is 4.74 Å². The van der Waals surface area contributed by atoms with E-state index in [0.717, 1.165) is 34.3 Å². The van der Waals surface area contributed by atoms with Crippen LogP contribution in [0.3, 0.4) is 0 Å². The van der Waals surface area contributed by atoms with Gasteiger partial charge in [0.1, 0.15) is 5.75 Å². The highest BCUT2D eigenvalue weighted by molar-refractivity contribution is 5.81. The first kappa shape index (κ1) is 16.4. The first-order chi connectivity index (χ1) is 12.0. The summed E-state index contributed by atoms with van der Waals surface area (Å²) in [5.41, 5.74) is 1.68. The third kappa shape index (κ3) is 2.68. The van der Waals surface area contributed by atoms with E-state index in [-0.39, 0.29) is 10.7 Å². The molecular formula is C20H24N2O3. The number of benzene rings is 1. The molecular weight excluding hydrogens is 316 g/mol. The summed E-state index contributed by atoms with van der Waals surface area (Å²) in [5, 5.41) is 26.3. The lowest BCUT2D eigenvalue weighted by atomic mass is 9.74. The van der Waals surface area contributed by atoms with Crippen molar-refractivity contribution >= 4 is 10.9 Å². The number of hydrogen-bond acceptors (Lipinski definition) is 3.